The van der Waals surface area contributed by atoms with Crippen molar-refractivity contribution in [1.29, 1.82) is 0 Å². The molecule has 0 atom stereocenters. The zero-order valence-electron chi connectivity index (χ0n) is 6.89. The van der Waals surface area contributed by atoms with Gasteiger partial charge in [0.25, 0.3) is 0 Å². The molecule has 0 saturated heterocycles. The Morgan fingerprint density at radius 1 is 1.30 bits per heavy atom. The minimum atomic E-state index is 0.0185. The van der Waals surface area contributed by atoms with Crippen LogP contribution in [0, 0.1) is 0 Å². The molecule has 0 N–H and O–H groups in total. The first-order valence-electron chi connectivity index (χ1n) is 2.89. The summed E-state index contributed by atoms with van der Waals surface area (Å²) in [5, 5.41) is 0. The second-order valence-corrected chi connectivity index (χ2v) is 1.22. The molecule has 0 aliphatic carbocycles. The Kier molecular flexibility index (Phi) is 39.5. The zero-order chi connectivity index (χ0) is 8.99. The highest BCUT2D eigenvalue weighted by molar-refractivity contribution is 5.86. The van der Waals surface area contributed by atoms with Crippen molar-refractivity contribution in [3.63, 3.8) is 0 Å². The minimum absolute atomic E-state index is 0.0185. The molecule has 0 aromatic carbocycles. The van der Waals surface area contributed by atoms with E-state index in [4.69, 9.17) is 0 Å². The van der Waals surface area contributed by atoms with Gasteiger partial charge in [0.15, 0.2) is 5.78 Å². The van der Waals surface area contributed by atoms with Gasteiger partial charge in [-0.15, -0.1) is 19.7 Å². The zero-order valence-corrected chi connectivity index (χ0v) is 6.89. The lowest BCUT2D eigenvalue weighted by Gasteiger charge is -1.62. The Morgan fingerprint density at radius 2 is 1.40 bits per heavy atom. The van der Waals surface area contributed by atoms with Gasteiger partial charge >= 0.3 is 0 Å². The smallest absolute Gasteiger partial charge is 0.152 e. The number of rotatable bonds is 1. The maximum Gasteiger partial charge on any atom is 0.152 e. The van der Waals surface area contributed by atoms with Crippen LogP contribution in [0.3, 0.4) is 0 Å². The van der Waals surface area contributed by atoms with Gasteiger partial charge in [-0.25, -0.2) is 0 Å². The molecule has 0 amide bonds. The van der Waals surface area contributed by atoms with Gasteiger partial charge in [0.1, 0.15) is 0 Å². The average molecular weight is 140 g/mol. The van der Waals surface area contributed by atoms with Crippen LogP contribution in [0.1, 0.15) is 13.8 Å². The van der Waals surface area contributed by atoms with Crippen LogP contribution in [-0.4, -0.2) is 5.78 Å². The molecule has 0 unspecified atom stereocenters. The van der Waals surface area contributed by atoms with Crippen molar-refractivity contribution in [2.45, 2.75) is 13.8 Å². The van der Waals surface area contributed by atoms with Gasteiger partial charge in [-0.1, -0.05) is 12.7 Å². The number of hydrogen-bond acceptors (Lipinski definition) is 1. The summed E-state index contributed by atoms with van der Waals surface area (Å²) in [5.74, 6) is 0.0185. The molecule has 0 radical (unpaired) electrons. The fourth-order valence-electron chi connectivity index (χ4n) is 0. The van der Waals surface area contributed by atoms with Crippen molar-refractivity contribution in [1.82, 2.24) is 0 Å². The van der Waals surface area contributed by atoms with Crippen molar-refractivity contribution >= 4 is 5.78 Å². The Morgan fingerprint density at radius 3 is 1.40 bits per heavy atom. The third-order valence-corrected chi connectivity index (χ3v) is 0.287. The van der Waals surface area contributed by atoms with E-state index in [9.17, 15) is 4.79 Å². The molecule has 0 rings (SSSR count). The minimum Gasteiger partial charge on any atom is -0.295 e. The second kappa shape index (κ2) is 24.8. The van der Waals surface area contributed by atoms with Gasteiger partial charge in [0.2, 0.25) is 0 Å². The first-order valence-corrected chi connectivity index (χ1v) is 2.89. The van der Waals surface area contributed by atoms with Crippen molar-refractivity contribution in [3.8, 4) is 0 Å². The van der Waals surface area contributed by atoms with Gasteiger partial charge in [-0.2, -0.15) is 0 Å². The van der Waals surface area contributed by atoms with Crippen LogP contribution in [-0.2, 0) is 4.79 Å². The Labute approximate surface area is 63.8 Å². The molecule has 1 nitrogen and oxygen atoms in total. The normalized spacial score (nSPS) is 5.00. The van der Waals surface area contributed by atoms with Crippen molar-refractivity contribution in [2.75, 3.05) is 0 Å². The van der Waals surface area contributed by atoms with Crippen LogP contribution in [0.4, 0.5) is 0 Å². The molecule has 0 spiro atoms. The molecule has 0 aromatic rings. The molecule has 0 aromatic heterocycles. The molecule has 1 heteroatoms. The highest BCUT2D eigenvalue weighted by Gasteiger charge is 1.69. The lowest BCUT2D eigenvalue weighted by Crippen LogP contribution is -1.74. The summed E-state index contributed by atoms with van der Waals surface area (Å²) in [6.45, 7) is 15.9. The van der Waals surface area contributed by atoms with E-state index in [1.165, 1.54) is 13.0 Å². The van der Waals surface area contributed by atoms with E-state index in [0.29, 0.717) is 0 Å². The molecule has 0 aliphatic heterocycles. The van der Waals surface area contributed by atoms with Crippen LogP contribution >= 0.6 is 0 Å². The largest absolute Gasteiger partial charge is 0.295 e. The van der Waals surface area contributed by atoms with E-state index in [1.54, 1.807) is 6.08 Å². The fourth-order valence-corrected chi connectivity index (χ4v) is 0. The van der Waals surface area contributed by atoms with Gasteiger partial charge < -0.3 is 0 Å². The summed E-state index contributed by atoms with van der Waals surface area (Å²) in [6, 6.07) is 0. The Hall–Kier alpha value is -1.11. The van der Waals surface area contributed by atoms with Crippen LogP contribution in [0.25, 0.3) is 0 Å². The average Bonchev–Trinajstić information content (AvgIpc) is 1.94. The van der Waals surface area contributed by atoms with Gasteiger partial charge in [-0.3, -0.25) is 4.79 Å². The van der Waals surface area contributed by atoms with Crippen LogP contribution in [0.5, 0.6) is 0 Å². The SMILES string of the molecule is C=C.C=CC.C=CC(C)=O. The van der Waals surface area contributed by atoms with Gasteiger partial charge in [0, 0.05) is 0 Å². The summed E-state index contributed by atoms with van der Waals surface area (Å²) in [4.78, 5) is 9.69. The van der Waals surface area contributed by atoms with E-state index in [2.05, 4.69) is 26.3 Å². The molecule has 0 aliphatic rings. The van der Waals surface area contributed by atoms with E-state index >= 15 is 0 Å². The summed E-state index contributed by atoms with van der Waals surface area (Å²) < 4.78 is 0. The summed E-state index contributed by atoms with van der Waals surface area (Å²) >= 11 is 0. The number of hydrogen-bond donors (Lipinski definition) is 0. The first kappa shape index (κ1) is 16.0. The molecule has 0 heterocycles. The lowest BCUT2D eigenvalue weighted by atomic mass is 10.5. The first-order chi connectivity index (χ1) is 4.68. The van der Waals surface area contributed by atoms with E-state index in [1.807, 2.05) is 6.92 Å². The summed E-state index contributed by atoms with van der Waals surface area (Å²) in [5.41, 5.74) is 0. The van der Waals surface area contributed by atoms with Gasteiger partial charge in [-0.05, 0) is 19.9 Å². The number of carbonyl (C=O) groups is 1. The maximum absolute atomic E-state index is 9.69. The lowest BCUT2D eigenvalue weighted by molar-refractivity contribution is -0.112. The van der Waals surface area contributed by atoms with Crippen LogP contribution in [0.15, 0.2) is 38.5 Å². The molecule has 0 fully saturated rings. The molecule has 10 heavy (non-hydrogen) atoms. The van der Waals surface area contributed by atoms with E-state index < -0.39 is 0 Å². The summed E-state index contributed by atoms with van der Waals surface area (Å²) in [7, 11) is 0. The molecule has 0 bridgehead atoms. The van der Waals surface area contributed by atoms with Crippen LogP contribution in [0.2, 0.25) is 0 Å². The highest BCUT2D eigenvalue weighted by Crippen LogP contribution is 1.60. The monoisotopic (exact) mass is 140 g/mol. The van der Waals surface area contributed by atoms with Crippen molar-refractivity contribution in [3.05, 3.63) is 38.5 Å². The quantitative estimate of drug-likeness (QED) is 0.404. The predicted octanol–water partition coefficient (Wildman–Crippen LogP) is 2.76. The number of allylic oxidation sites excluding steroid dienone is 2. The molecule has 58 valence electrons. The molecular formula is C9H16O. The molecule has 0 saturated carbocycles. The maximum atomic E-state index is 9.69. The second-order valence-electron chi connectivity index (χ2n) is 1.22. The van der Waals surface area contributed by atoms with E-state index in [-0.39, 0.29) is 5.78 Å². The third-order valence-electron chi connectivity index (χ3n) is 0.287. The van der Waals surface area contributed by atoms with Gasteiger partial charge in [0.05, 0.1) is 0 Å². The summed E-state index contributed by atoms with van der Waals surface area (Å²) in [6.07, 6.45) is 3.03. The topological polar surface area (TPSA) is 17.1 Å². The molecular weight excluding hydrogens is 124 g/mol. The predicted molar refractivity (Wildman–Crippen MR) is 48.0 cm³/mol. The number of carbonyl (C=O) groups excluding carboxylic acids is 1. The standard InChI is InChI=1S/C4H6O.C3H6.C2H4/c1-3-4(2)5;1-3-2;1-2/h3H,1H2,2H3;3H,1H2,2H3;1-2H2. The Bertz CT molecular complexity index is 92.9. The van der Waals surface area contributed by atoms with Crippen molar-refractivity contribution in [2.24, 2.45) is 0 Å². The highest BCUT2D eigenvalue weighted by atomic mass is 16.1. The van der Waals surface area contributed by atoms with Crippen LogP contribution < -0.4 is 0 Å². The number of ketones is 1. The fraction of sp³-hybridized carbons (Fsp3) is 0.222. The van der Waals surface area contributed by atoms with E-state index in [0.717, 1.165) is 0 Å². The Balaban J connectivity index is -0.0000000847. The third kappa shape index (κ3) is 302. The van der Waals surface area contributed by atoms with Crippen molar-refractivity contribution < 1.29 is 4.79 Å².